The molecule has 0 saturated carbocycles. The lowest BCUT2D eigenvalue weighted by Gasteiger charge is -2.12. The van der Waals surface area contributed by atoms with Crippen LogP contribution in [0.2, 0.25) is 0 Å². The van der Waals surface area contributed by atoms with E-state index in [4.69, 9.17) is 14.0 Å². The number of hydrogen-bond acceptors (Lipinski definition) is 6. The van der Waals surface area contributed by atoms with Gasteiger partial charge in [0, 0.05) is 5.56 Å². The molecule has 0 radical (unpaired) electrons. The normalized spacial score (nSPS) is 11.8. The zero-order valence-corrected chi connectivity index (χ0v) is 13.6. The molecule has 0 saturated heterocycles. The van der Waals surface area contributed by atoms with Gasteiger partial charge in [-0.2, -0.15) is 0 Å². The lowest BCUT2D eigenvalue weighted by molar-refractivity contribution is 0.0316. The van der Waals surface area contributed by atoms with E-state index >= 15 is 0 Å². The Bertz CT molecular complexity index is 683. The van der Waals surface area contributed by atoms with Crippen LogP contribution in [0, 0.1) is 13.8 Å². The molecule has 0 aliphatic heterocycles. The summed E-state index contributed by atoms with van der Waals surface area (Å²) in [5.74, 6) is 0.152. The lowest BCUT2D eigenvalue weighted by Crippen LogP contribution is -2.24. The van der Waals surface area contributed by atoms with Crippen molar-refractivity contribution >= 4 is 11.8 Å². The number of rotatable bonds is 6. The molecule has 23 heavy (non-hydrogen) atoms. The van der Waals surface area contributed by atoms with Gasteiger partial charge in [0.1, 0.15) is 17.1 Å². The van der Waals surface area contributed by atoms with Crippen molar-refractivity contribution in [2.24, 2.45) is 0 Å². The monoisotopic (exact) mass is 317 g/mol. The zero-order valence-electron chi connectivity index (χ0n) is 13.6. The summed E-state index contributed by atoms with van der Waals surface area (Å²) in [6, 6.07) is 6.71. The Morgan fingerprint density at radius 1 is 1.22 bits per heavy atom. The Labute approximate surface area is 134 Å². The maximum Gasteiger partial charge on any atom is 0.344 e. The van der Waals surface area contributed by atoms with E-state index in [0.29, 0.717) is 29.4 Å². The molecular formula is C17H19NO5. The number of nitrogens with zero attached hydrogens (tertiary/aromatic N) is 1. The second-order valence-corrected chi connectivity index (χ2v) is 5.07. The third-order valence-electron chi connectivity index (χ3n) is 3.34. The first-order chi connectivity index (χ1) is 10.9. The van der Waals surface area contributed by atoms with Gasteiger partial charge in [0.25, 0.3) is 0 Å². The highest BCUT2D eigenvalue weighted by molar-refractivity contribution is 6.01. The minimum atomic E-state index is -0.908. The first kappa shape index (κ1) is 16.7. The van der Waals surface area contributed by atoms with Crippen molar-refractivity contribution in [3.8, 4) is 5.75 Å². The number of benzene rings is 1. The van der Waals surface area contributed by atoms with Gasteiger partial charge < -0.3 is 14.0 Å². The summed E-state index contributed by atoms with van der Waals surface area (Å²) in [6.07, 6.45) is -0.908. The van der Waals surface area contributed by atoms with Gasteiger partial charge in [-0.25, -0.2) is 4.79 Å². The van der Waals surface area contributed by atoms with Crippen LogP contribution in [-0.4, -0.2) is 29.6 Å². The molecule has 1 atom stereocenters. The molecule has 2 rings (SSSR count). The van der Waals surface area contributed by atoms with Gasteiger partial charge in [0.2, 0.25) is 5.78 Å². The molecular weight excluding hydrogens is 298 g/mol. The van der Waals surface area contributed by atoms with Gasteiger partial charge in [-0.1, -0.05) is 5.16 Å². The third-order valence-corrected chi connectivity index (χ3v) is 3.34. The standard InChI is InChI=1S/C17H19NO5/c1-5-21-14-8-6-13(7-9-14)16(19)12(4)22-17(20)15-10(2)18-23-11(15)3/h6-9,12H,5H2,1-4H3/t12-/m0/s1. The van der Waals surface area contributed by atoms with Crippen molar-refractivity contribution in [2.75, 3.05) is 6.61 Å². The Balaban J connectivity index is 2.06. The highest BCUT2D eigenvalue weighted by Gasteiger charge is 2.24. The maximum atomic E-state index is 12.3. The predicted octanol–water partition coefficient (Wildman–Crippen LogP) is 3.12. The molecule has 6 nitrogen and oxygen atoms in total. The van der Waals surface area contributed by atoms with E-state index in [9.17, 15) is 9.59 Å². The molecule has 0 aliphatic rings. The van der Waals surface area contributed by atoms with Crippen molar-refractivity contribution in [3.63, 3.8) is 0 Å². The number of esters is 1. The van der Waals surface area contributed by atoms with E-state index in [1.165, 1.54) is 6.92 Å². The van der Waals surface area contributed by atoms with E-state index in [1.807, 2.05) is 6.92 Å². The fourth-order valence-electron chi connectivity index (χ4n) is 2.16. The van der Waals surface area contributed by atoms with E-state index in [1.54, 1.807) is 38.1 Å². The fourth-order valence-corrected chi connectivity index (χ4v) is 2.16. The van der Waals surface area contributed by atoms with E-state index in [0.717, 1.165) is 0 Å². The molecule has 6 heteroatoms. The summed E-state index contributed by atoms with van der Waals surface area (Å²) in [5.41, 5.74) is 1.15. The molecule has 0 fully saturated rings. The number of Topliss-reactive ketones (excluding diaryl/α,β-unsaturated/α-hetero) is 1. The molecule has 0 aliphatic carbocycles. The summed E-state index contributed by atoms with van der Waals surface area (Å²) in [4.78, 5) is 24.5. The smallest absolute Gasteiger partial charge is 0.344 e. The minimum Gasteiger partial charge on any atom is -0.494 e. The van der Waals surface area contributed by atoms with Gasteiger partial charge in [0.15, 0.2) is 6.10 Å². The second kappa shape index (κ2) is 7.09. The Kier molecular flexibility index (Phi) is 5.16. The number of carbonyl (C=O) groups is 2. The molecule has 0 unspecified atom stereocenters. The van der Waals surface area contributed by atoms with Crippen LogP contribution in [0.15, 0.2) is 28.8 Å². The Morgan fingerprint density at radius 3 is 2.39 bits per heavy atom. The van der Waals surface area contributed by atoms with Crippen LogP contribution < -0.4 is 4.74 Å². The summed E-state index contributed by atoms with van der Waals surface area (Å²) in [7, 11) is 0. The summed E-state index contributed by atoms with van der Waals surface area (Å²) in [5, 5.41) is 3.70. The highest BCUT2D eigenvalue weighted by Crippen LogP contribution is 2.17. The van der Waals surface area contributed by atoms with Crippen LogP contribution in [0.4, 0.5) is 0 Å². The van der Waals surface area contributed by atoms with Gasteiger partial charge in [0.05, 0.1) is 12.3 Å². The van der Waals surface area contributed by atoms with Crippen molar-refractivity contribution in [1.29, 1.82) is 0 Å². The molecule has 0 bridgehead atoms. The average Bonchev–Trinajstić information content (AvgIpc) is 2.86. The minimum absolute atomic E-state index is 0.261. The third kappa shape index (κ3) is 3.77. The van der Waals surface area contributed by atoms with Crippen LogP contribution in [0.25, 0.3) is 0 Å². The number of hydrogen-bond donors (Lipinski definition) is 0. The van der Waals surface area contributed by atoms with Crippen LogP contribution in [0.1, 0.15) is 46.0 Å². The topological polar surface area (TPSA) is 78.6 Å². The lowest BCUT2D eigenvalue weighted by atomic mass is 10.1. The Morgan fingerprint density at radius 2 is 1.87 bits per heavy atom. The van der Waals surface area contributed by atoms with Crippen LogP contribution in [0.3, 0.4) is 0 Å². The second-order valence-electron chi connectivity index (χ2n) is 5.07. The SMILES string of the molecule is CCOc1ccc(C(=O)[C@H](C)OC(=O)c2c(C)noc2C)cc1. The highest BCUT2D eigenvalue weighted by atomic mass is 16.5. The first-order valence-electron chi connectivity index (χ1n) is 7.35. The molecule has 0 spiro atoms. The van der Waals surface area contributed by atoms with Gasteiger partial charge >= 0.3 is 5.97 Å². The van der Waals surface area contributed by atoms with E-state index in [-0.39, 0.29) is 11.3 Å². The number of aromatic nitrogens is 1. The predicted molar refractivity (Wildman–Crippen MR) is 82.8 cm³/mol. The summed E-state index contributed by atoms with van der Waals surface area (Å²) >= 11 is 0. The van der Waals surface area contributed by atoms with Crippen LogP contribution in [-0.2, 0) is 4.74 Å². The molecule has 2 aromatic rings. The number of aryl methyl sites for hydroxylation is 2. The molecule has 122 valence electrons. The largest absolute Gasteiger partial charge is 0.494 e. The first-order valence-corrected chi connectivity index (χ1v) is 7.35. The molecule has 1 aromatic carbocycles. The van der Waals surface area contributed by atoms with Crippen molar-refractivity contribution in [2.45, 2.75) is 33.8 Å². The van der Waals surface area contributed by atoms with Crippen molar-refractivity contribution < 1.29 is 23.6 Å². The van der Waals surface area contributed by atoms with E-state index < -0.39 is 12.1 Å². The number of ether oxygens (including phenoxy) is 2. The molecule has 0 amide bonds. The quantitative estimate of drug-likeness (QED) is 0.601. The van der Waals surface area contributed by atoms with Crippen LogP contribution in [0.5, 0.6) is 5.75 Å². The number of carbonyl (C=O) groups excluding carboxylic acids is 2. The van der Waals surface area contributed by atoms with E-state index in [2.05, 4.69) is 5.16 Å². The van der Waals surface area contributed by atoms with Crippen molar-refractivity contribution in [1.82, 2.24) is 5.16 Å². The maximum absolute atomic E-state index is 12.3. The fraction of sp³-hybridized carbons (Fsp3) is 0.353. The van der Waals surface area contributed by atoms with Crippen molar-refractivity contribution in [3.05, 3.63) is 46.8 Å². The summed E-state index contributed by atoms with van der Waals surface area (Å²) in [6.45, 7) is 7.24. The van der Waals surface area contributed by atoms with Gasteiger partial charge in [-0.05, 0) is 52.0 Å². The molecule has 1 heterocycles. The molecule has 0 N–H and O–H groups in total. The summed E-state index contributed by atoms with van der Waals surface area (Å²) < 4.78 is 15.5. The Hall–Kier alpha value is -2.63. The van der Waals surface area contributed by atoms with Gasteiger partial charge in [-0.15, -0.1) is 0 Å². The van der Waals surface area contributed by atoms with Gasteiger partial charge in [-0.3, -0.25) is 4.79 Å². The zero-order chi connectivity index (χ0) is 17.0. The average molecular weight is 317 g/mol. The van der Waals surface area contributed by atoms with Crippen LogP contribution >= 0.6 is 0 Å². The number of ketones is 1. The molecule has 1 aromatic heterocycles.